The normalized spacial score (nSPS) is 21.4. The van der Waals surface area contributed by atoms with Crippen LogP contribution < -0.4 is 5.32 Å². The molecule has 4 rings (SSSR count). The van der Waals surface area contributed by atoms with Crippen LogP contribution in [-0.4, -0.2) is 51.4 Å². The summed E-state index contributed by atoms with van der Waals surface area (Å²) in [5.41, 5.74) is -0.986. The van der Waals surface area contributed by atoms with Gasteiger partial charge >= 0.3 is 6.09 Å². The second-order valence-corrected chi connectivity index (χ2v) is 11.5. The van der Waals surface area contributed by atoms with Gasteiger partial charge in [0.25, 0.3) is 0 Å². The van der Waals surface area contributed by atoms with Crippen LogP contribution >= 0.6 is 11.6 Å². The Balaban J connectivity index is 1.89. The van der Waals surface area contributed by atoms with E-state index in [1.807, 2.05) is 32.9 Å². The van der Waals surface area contributed by atoms with Gasteiger partial charge in [0.1, 0.15) is 16.3 Å². The molecule has 3 aromatic rings. The fourth-order valence-electron chi connectivity index (χ4n) is 5.66. The van der Waals surface area contributed by atoms with Crippen LogP contribution in [0.1, 0.15) is 56.9 Å². The number of amides is 2. The van der Waals surface area contributed by atoms with Crippen LogP contribution in [-0.2, 0) is 16.8 Å². The maximum Gasteiger partial charge on any atom is 0.407 e. The second kappa shape index (κ2) is 11.2. The van der Waals surface area contributed by atoms with Crippen molar-refractivity contribution in [3.05, 3.63) is 75.9 Å². The number of nitrogens with one attached hydrogen (secondary N) is 1. The lowest BCUT2D eigenvalue weighted by atomic mass is 9.64. The summed E-state index contributed by atoms with van der Waals surface area (Å²) in [6.45, 7) is 7.22. The number of carbonyl (C=O) groups is 2. The van der Waals surface area contributed by atoms with Gasteiger partial charge in [-0.05, 0) is 41.5 Å². The third-order valence-corrected chi connectivity index (χ3v) is 7.80. The zero-order valence-corrected chi connectivity index (χ0v) is 23.4. The fourth-order valence-corrected chi connectivity index (χ4v) is 5.95. The van der Waals surface area contributed by atoms with Crippen LogP contribution in [0.2, 0.25) is 5.02 Å². The average molecular weight is 576 g/mol. The summed E-state index contributed by atoms with van der Waals surface area (Å²) in [4.78, 5) is 24.9. The van der Waals surface area contributed by atoms with E-state index in [1.54, 1.807) is 12.1 Å². The highest BCUT2D eigenvalue weighted by molar-refractivity contribution is 6.33. The molecule has 0 saturated carbocycles. The molecule has 0 aliphatic carbocycles. The maximum atomic E-state index is 14.4. The summed E-state index contributed by atoms with van der Waals surface area (Å²) in [5, 5.41) is 29.4. The molecule has 0 radical (unpaired) electrons. The third kappa shape index (κ3) is 5.55. The van der Waals surface area contributed by atoms with Crippen molar-refractivity contribution >= 4 is 23.6 Å². The Morgan fingerprint density at radius 2 is 1.90 bits per heavy atom. The largest absolute Gasteiger partial charge is 0.465 e. The summed E-state index contributed by atoms with van der Waals surface area (Å²) in [6.07, 6.45) is -0.838. The van der Waals surface area contributed by atoms with Crippen molar-refractivity contribution in [2.24, 2.45) is 5.41 Å². The Bertz CT molecular complexity index is 1420. The second-order valence-electron chi connectivity index (χ2n) is 11.2. The predicted octanol–water partition coefficient (Wildman–Crippen LogP) is 5.72. The number of hydrogen-bond acceptors (Lipinski definition) is 5. The predicted molar refractivity (Wildman–Crippen MR) is 145 cm³/mol. The smallest absolute Gasteiger partial charge is 0.407 e. The first-order valence-corrected chi connectivity index (χ1v) is 13.3. The number of halogens is 3. The summed E-state index contributed by atoms with van der Waals surface area (Å²) in [7, 11) is 0. The molecule has 3 atom stereocenters. The number of hydrogen-bond donors (Lipinski definition) is 3. The number of likely N-dealkylation sites (tertiary alicyclic amines) is 1. The highest BCUT2D eigenvalue weighted by atomic mass is 35.5. The molecule has 1 saturated heterocycles. The van der Waals surface area contributed by atoms with Gasteiger partial charge in [-0.3, -0.25) is 4.79 Å². The molecule has 2 aromatic carbocycles. The lowest BCUT2D eigenvalue weighted by Gasteiger charge is -2.53. The van der Waals surface area contributed by atoms with Gasteiger partial charge in [0.05, 0.1) is 12.0 Å². The Kier molecular flexibility index (Phi) is 8.23. The molecule has 1 aliphatic rings. The molecule has 1 aromatic heterocycles. The molecule has 3 N–H and O–H groups in total. The van der Waals surface area contributed by atoms with Gasteiger partial charge in [-0.1, -0.05) is 67.9 Å². The monoisotopic (exact) mass is 575 g/mol. The van der Waals surface area contributed by atoms with Crippen LogP contribution in [0.3, 0.4) is 0 Å². The van der Waals surface area contributed by atoms with Crippen molar-refractivity contribution in [1.82, 2.24) is 15.4 Å². The lowest BCUT2D eigenvalue weighted by molar-refractivity contribution is -0.118. The standard InChI is InChI=1S/C29H32ClF2N3O5/c1-16(36)33-13-11-17-7-5-6-8-19(17)25-23(30)24(34-40-25)22-26(28(2,3)4)35(27(37)38)14-12-29(22,39)18-9-10-20(31)21(32)15-18/h5-10,15,22,26,39H,11-14H2,1-4H3,(H,33,36)(H,37,38)/t22-,26?,29-/m0/s1. The highest BCUT2D eigenvalue weighted by Gasteiger charge is 2.56. The van der Waals surface area contributed by atoms with Crippen molar-refractivity contribution < 1.29 is 33.1 Å². The molecular formula is C29H32ClF2N3O5. The average Bonchev–Trinajstić information content (AvgIpc) is 3.25. The van der Waals surface area contributed by atoms with Gasteiger partial charge in [0.2, 0.25) is 5.91 Å². The van der Waals surface area contributed by atoms with Crippen LogP contribution in [0.15, 0.2) is 47.0 Å². The van der Waals surface area contributed by atoms with Gasteiger partial charge in [0, 0.05) is 25.6 Å². The summed E-state index contributed by atoms with van der Waals surface area (Å²) < 4.78 is 34.0. The minimum atomic E-state index is -1.86. The molecule has 8 nitrogen and oxygen atoms in total. The topological polar surface area (TPSA) is 116 Å². The van der Waals surface area contributed by atoms with Gasteiger partial charge in [0.15, 0.2) is 17.4 Å². The van der Waals surface area contributed by atoms with Crippen molar-refractivity contribution in [3.63, 3.8) is 0 Å². The SMILES string of the molecule is CC(=O)NCCc1ccccc1-c1onc([C@H]2C(C(C)(C)C)N(C(=O)O)CC[C@]2(O)c2ccc(F)c(F)c2)c1Cl. The molecule has 2 heterocycles. The minimum Gasteiger partial charge on any atom is -0.465 e. The number of carbonyl (C=O) groups excluding carboxylic acids is 1. The third-order valence-electron chi connectivity index (χ3n) is 7.44. The van der Waals surface area contributed by atoms with Crippen LogP contribution in [0.4, 0.5) is 13.6 Å². The van der Waals surface area contributed by atoms with E-state index in [0.29, 0.717) is 18.5 Å². The van der Waals surface area contributed by atoms with Gasteiger partial charge in [-0.2, -0.15) is 0 Å². The quantitative estimate of drug-likeness (QED) is 0.346. The summed E-state index contributed by atoms with van der Waals surface area (Å²) in [6, 6.07) is 9.53. The Hall–Kier alpha value is -3.50. The lowest BCUT2D eigenvalue weighted by Crippen LogP contribution is -2.60. The van der Waals surface area contributed by atoms with Gasteiger partial charge in [-0.25, -0.2) is 13.6 Å². The number of piperidine rings is 1. The van der Waals surface area contributed by atoms with E-state index >= 15 is 0 Å². The maximum absolute atomic E-state index is 14.4. The van der Waals surface area contributed by atoms with Crippen LogP contribution in [0.5, 0.6) is 0 Å². The van der Waals surface area contributed by atoms with E-state index in [9.17, 15) is 28.6 Å². The van der Waals surface area contributed by atoms with Crippen LogP contribution in [0.25, 0.3) is 11.3 Å². The Morgan fingerprint density at radius 1 is 1.20 bits per heavy atom. The number of rotatable bonds is 6. The van der Waals surface area contributed by atoms with E-state index in [1.165, 1.54) is 17.9 Å². The van der Waals surface area contributed by atoms with E-state index in [0.717, 1.165) is 17.7 Å². The number of carboxylic acid groups (broad SMARTS) is 1. The molecule has 0 spiro atoms. The summed E-state index contributed by atoms with van der Waals surface area (Å²) >= 11 is 6.93. The van der Waals surface area contributed by atoms with Crippen molar-refractivity contribution in [1.29, 1.82) is 0 Å². The first kappa shape index (κ1) is 29.5. The number of aliphatic hydroxyl groups is 1. The van der Waals surface area contributed by atoms with Gasteiger partial charge in [-0.15, -0.1) is 0 Å². The zero-order valence-electron chi connectivity index (χ0n) is 22.7. The first-order chi connectivity index (χ1) is 18.8. The van der Waals surface area contributed by atoms with E-state index in [-0.39, 0.29) is 40.9 Å². The molecule has 2 amide bonds. The van der Waals surface area contributed by atoms with Gasteiger partial charge < -0.3 is 25.0 Å². The molecule has 40 heavy (non-hydrogen) atoms. The van der Waals surface area contributed by atoms with E-state index < -0.39 is 40.7 Å². The first-order valence-electron chi connectivity index (χ1n) is 12.9. The Labute approximate surface area is 235 Å². The zero-order chi connectivity index (χ0) is 29.4. The van der Waals surface area contributed by atoms with Crippen molar-refractivity contribution in [2.75, 3.05) is 13.1 Å². The summed E-state index contributed by atoms with van der Waals surface area (Å²) in [5.74, 6) is -3.27. The van der Waals surface area contributed by atoms with Crippen molar-refractivity contribution in [3.8, 4) is 11.3 Å². The molecule has 1 aliphatic heterocycles. The molecule has 1 fully saturated rings. The van der Waals surface area contributed by atoms with Crippen molar-refractivity contribution in [2.45, 2.75) is 58.1 Å². The van der Waals surface area contributed by atoms with E-state index in [2.05, 4.69) is 10.5 Å². The van der Waals surface area contributed by atoms with E-state index in [4.69, 9.17) is 16.1 Å². The molecule has 11 heteroatoms. The number of aromatic nitrogens is 1. The fraction of sp³-hybridized carbons (Fsp3) is 0.414. The molecule has 1 unspecified atom stereocenters. The highest BCUT2D eigenvalue weighted by Crippen LogP contribution is 2.53. The van der Waals surface area contributed by atoms with Crippen LogP contribution in [0, 0.1) is 17.0 Å². The minimum absolute atomic E-state index is 0.0580. The molecule has 214 valence electrons. The Morgan fingerprint density at radius 3 is 2.52 bits per heavy atom. The molecule has 0 bridgehead atoms. The number of benzene rings is 2. The number of nitrogens with zero attached hydrogens (tertiary/aromatic N) is 2. The molecular weight excluding hydrogens is 544 g/mol.